The number of nitrogens with zero attached hydrogens (tertiary/aromatic N) is 2. The second-order valence-electron chi connectivity index (χ2n) is 6.71. The van der Waals surface area contributed by atoms with Crippen molar-refractivity contribution in [1.82, 2.24) is 9.47 Å². The molecule has 0 saturated carbocycles. The van der Waals surface area contributed by atoms with Crippen LogP contribution in [0.25, 0.3) is 0 Å². The molecule has 0 fully saturated rings. The first-order valence-corrected chi connectivity index (χ1v) is 9.41. The van der Waals surface area contributed by atoms with Crippen LogP contribution >= 0.6 is 0 Å². The van der Waals surface area contributed by atoms with Gasteiger partial charge in [-0.05, 0) is 36.2 Å². The lowest BCUT2D eigenvalue weighted by Crippen LogP contribution is -2.36. The lowest BCUT2D eigenvalue weighted by molar-refractivity contribution is 0.0240. The van der Waals surface area contributed by atoms with Crippen molar-refractivity contribution in [3.05, 3.63) is 59.7 Å². The van der Waals surface area contributed by atoms with Gasteiger partial charge in [-0.15, -0.1) is 6.42 Å². The minimum absolute atomic E-state index is 0.192. The Balaban J connectivity index is 2.00. The molecule has 5 nitrogen and oxygen atoms in total. The highest BCUT2D eigenvalue weighted by molar-refractivity contribution is 5.18. The number of hydrogen-bond acceptors (Lipinski definition) is 4. The minimum atomic E-state index is -0.623. The molecule has 0 saturated heterocycles. The average molecular weight is 388 g/mol. The number of aliphatic hydroxyl groups is 1. The molecule has 28 heavy (non-hydrogen) atoms. The fraction of sp³-hybridized carbons (Fsp3) is 0.455. The van der Waals surface area contributed by atoms with Gasteiger partial charge in [0.1, 0.15) is 12.4 Å². The van der Waals surface area contributed by atoms with E-state index in [2.05, 4.69) is 15.4 Å². The van der Waals surface area contributed by atoms with Gasteiger partial charge in [0.15, 0.2) is 0 Å². The van der Waals surface area contributed by atoms with Gasteiger partial charge in [-0.1, -0.05) is 18.1 Å². The third-order valence-corrected chi connectivity index (χ3v) is 4.34. The fourth-order valence-electron chi connectivity index (χ4n) is 3.08. The monoisotopic (exact) mass is 388 g/mol. The first-order chi connectivity index (χ1) is 13.6. The summed E-state index contributed by atoms with van der Waals surface area (Å²) < 4.78 is 26.0. The van der Waals surface area contributed by atoms with Gasteiger partial charge in [0.05, 0.1) is 12.7 Å². The molecular weight excluding hydrogens is 359 g/mol. The molecule has 0 amide bonds. The summed E-state index contributed by atoms with van der Waals surface area (Å²) in [5, 5.41) is 10.3. The molecule has 0 bridgehead atoms. The summed E-state index contributed by atoms with van der Waals surface area (Å²) in [5.41, 5.74) is 2.00. The Morgan fingerprint density at radius 3 is 2.93 bits per heavy atom. The van der Waals surface area contributed by atoms with E-state index in [1.807, 2.05) is 24.4 Å². The van der Waals surface area contributed by atoms with Gasteiger partial charge in [-0.3, -0.25) is 4.90 Å². The van der Waals surface area contributed by atoms with Gasteiger partial charge in [0.25, 0.3) is 0 Å². The van der Waals surface area contributed by atoms with E-state index in [1.165, 1.54) is 6.07 Å². The number of terminal acetylenes is 1. The zero-order valence-electron chi connectivity index (χ0n) is 16.4. The van der Waals surface area contributed by atoms with Crippen LogP contribution in [0.15, 0.2) is 42.6 Å². The molecular formula is C22H29FN2O3. The quantitative estimate of drug-likeness (QED) is 0.423. The molecule has 1 aromatic carbocycles. The van der Waals surface area contributed by atoms with Crippen molar-refractivity contribution >= 4 is 0 Å². The number of hydrogen-bond donors (Lipinski definition) is 1. The topological polar surface area (TPSA) is 46.9 Å². The van der Waals surface area contributed by atoms with Crippen molar-refractivity contribution in [3.8, 4) is 12.3 Å². The molecule has 2 aromatic rings. The summed E-state index contributed by atoms with van der Waals surface area (Å²) in [5.74, 6) is 2.16. The molecule has 0 aliphatic carbocycles. The van der Waals surface area contributed by atoms with E-state index in [9.17, 15) is 9.50 Å². The van der Waals surface area contributed by atoms with Gasteiger partial charge in [0, 0.05) is 51.8 Å². The molecule has 0 aliphatic rings. The molecule has 152 valence electrons. The van der Waals surface area contributed by atoms with Crippen LogP contribution in [0.4, 0.5) is 4.39 Å². The number of rotatable bonds is 13. The predicted molar refractivity (Wildman–Crippen MR) is 107 cm³/mol. The Kier molecular flexibility index (Phi) is 9.73. The van der Waals surface area contributed by atoms with Crippen LogP contribution in [0, 0.1) is 18.2 Å². The Bertz CT molecular complexity index is 741. The summed E-state index contributed by atoms with van der Waals surface area (Å²) in [7, 11) is 1.68. The van der Waals surface area contributed by atoms with E-state index < -0.39 is 6.10 Å². The Labute approximate surface area is 166 Å². The summed E-state index contributed by atoms with van der Waals surface area (Å²) in [6, 6.07) is 10.7. The van der Waals surface area contributed by atoms with Crippen molar-refractivity contribution < 1.29 is 19.0 Å². The maximum atomic E-state index is 13.5. The zero-order valence-corrected chi connectivity index (χ0v) is 16.4. The number of methoxy groups -OCH3 is 1. The summed E-state index contributed by atoms with van der Waals surface area (Å²) >= 11 is 0. The van der Waals surface area contributed by atoms with Gasteiger partial charge in [-0.2, -0.15) is 0 Å². The molecule has 6 heteroatoms. The molecule has 1 aromatic heterocycles. The van der Waals surface area contributed by atoms with Crippen LogP contribution in [0.1, 0.15) is 17.7 Å². The maximum absolute atomic E-state index is 13.5. The molecule has 1 N–H and O–H groups in total. The normalized spacial score (nSPS) is 12.2. The molecule has 1 atom stereocenters. The van der Waals surface area contributed by atoms with Gasteiger partial charge in [0.2, 0.25) is 0 Å². The van der Waals surface area contributed by atoms with Crippen molar-refractivity contribution in [2.45, 2.75) is 25.6 Å². The lowest BCUT2D eigenvalue weighted by atomic mass is 10.2. The highest BCUT2D eigenvalue weighted by atomic mass is 19.1. The van der Waals surface area contributed by atoms with E-state index in [1.54, 1.807) is 19.2 Å². The highest BCUT2D eigenvalue weighted by Gasteiger charge is 2.14. The summed E-state index contributed by atoms with van der Waals surface area (Å²) in [6.07, 6.45) is 7.39. The van der Waals surface area contributed by atoms with E-state index in [0.29, 0.717) is 26.2 Å². The molecule has 0 unspecified atom stereocenters. The minimum Gasteiger partial charge on any atom is -0.389 e. The Morgan fingerprint density at radius 1 is 1.32 bits per heavy atom. The number of aromatic nitrogens is 1. The standard InChI is InChI=1S/C22H29FN2O3/c1-3-12-28-18-22(26)17-24(10-6-13-27-2)16-21-9-5-11-25(21)15-19-7-4-8-20(23)14-19/h1,4-5,7-9,11,14,22,26H,6,10,12-13,15-18H2,2H3/t22-/m1/s1. The van der Waals surface area contributed by atoms with Crippen LogP contribution in [-0.4, -0.2) is 60.7 Å². The van der Waals surface area contributed by atoms with E-state index >= 15 is 0 Å². The maximum Gasteiger partial charge on any atom is 0.123 e. The van der Waals surface area contributed by atoms with E-state index in [0.717, 1.165) is 24.2 Å². The summed E-state index contributed by atoms with van der Waals surface area (Å²) in [4.78, 5) is 2.17. The second kappa shape index (κ2) is 12.3. The number of halogens is 1. The van der Waals surface area contributed by atoms with Crippen molar-refractivity contribution in [2.24, 2.45) is 0 Å². The third kappa shape index (κ3) is 7.83. The van der Waals surface area contributed by atoms with Gasteiger partial charge < -0.3 is 19.1 Å². The predicted octanol–water partition coefficient (Wildman–Crippen LogP) is 2.52. The Hall–Kier alpha value is -2.17. The smallest absolute Gasteiger partial charge is 0.123 e. The zero-order chi connectivity index (χ0) is 20.2. The van der Waals surface area contributed by atoms with Crippen molar-refractivity contribution in [3.63, 3.8) is 0 Å². The summed E-state index contributed by atoms with van der Waals surface area (Å²) in [6.45, 7) is 3.57. The van der Waals surface area contributed by atoms with Crippen molar-refractivity contribution in [2.75, 3.05) is 40.0 Å². The van der Waals surface area contributed by atoms with Gasteiger partial charge >= 0.3 is 0 Å². The average Bonchev–Trinajstić information content (AvgIpc) is 3.08. The fourth-order valence-corrected chi connectivity index (χ4v) is 3.08. The SMILES string of the molecule is C#CCOC[C@H](O)CN(CCCOC)Cc1cccn1Cc1cccc(F)c1. The second-order valence-corrected chi connectivity index (χ2v) is 6.71. The molecule has 0 spiro atoms. The van der Waals surface area contributed by atoms with E-state index in [-0.39, 0.29) is 19.0 Å². The molecule has 0 aliphatic heterocycles. The van der Waals surface area contributed by atoms with Crippen LogP contribution < -0.4 is 0 Å². The van der Waals surface area contributed by atoms with Gasteiger partial charge in [-0.25, -0.2) is 4.39 Å². The van der Waals surface area contributed by atoms with Crippen molar-refractivity contribution in [1.29, 1.82) is 0 Å². The van der Waals surface area contributed by atoms with E-state index in [4.69, 9.17) is 15.9 Å². The number of ether oxygens (including phenoxy) is 2. The Morgan fingerprint density at radius 2 is 2.18 bits per heavy atom. The highest BCUT2D eigenvalue weighted by Crippen LogP contribution is 2.12. The van der Waals surface area contributed by atoms with Crippen LogP contribution in [0.3, 0.4) is 0 Å². The molecule has 0 radical (unpaired) electrons. The molecule has 1 heterocycles. The number of benzene rings is 1. The largest absolute Gasteiger partial charge is 0.389 e. The van der Waals surface area contributed by atoms with Crippen LogP contribution in [-0.2, 0) is 22.6 Å². The van der Waals surface area contributed by atoms with Crippen LogP contribution in [0.2, 0.25) is 0 Å². The first kappa shape index (κ1) is 22.1. The van der Waals surface area contributed by atoms with Crippen LogP contribution in [0.5, 0.6) is 0 Å². The molecule has 2 rings (SSSR count). The third-order valence-electron chi connectivity index (χ3n) is 4.34. The first-order valence-electron chi connectivity index (χ1n) is 9.41. The number of aliphatic hydroxyl groups excluding tert-OH is 1. The lowest BCUT2D eigenvalue weighted by Gasteiger charge is -2.25.